The monoisotopic (exact) mass is 307 g/mol. The second kappa shape index (κ2) is 5.77. The summed E-state index contributed by atoms with van der Waals surface area (Å²) in [7, 11) is 1.51. The Morgan fingerprint density at radius 2 is 2.24 bits per heavy atom. The third kappa shape index (κ3) is 3.38. The molecular weight excluding hydrogens is 301 g/mol. The summed E-state index contributed by atoms with van der Waals surface area (Å²) in [6, 6.07) is 3.75. The number of nitrogens with one attached hydrogen (secondary N) is 1. The number of aromatic nitrogens is 2. The lowest BCUT2D eigenvalue weighted by molar-refractivity contribution is 0.398. The van der Waals surface area contributed by atoms with Gasteiger partial charge in [0.15, 0.2) is 11.0 Å². The molecule has 0 aromatic carbocycles. The highest BCUT2D eigenvalue weighted by Gasteiger charge is 2.08. The fraction of sp³-hybridized carbons (Fsp3) is 0.111. The SMILES string of the molecule is COc1nc(Cl)cnc1NSc1ccc(Cl)s1. The molecule has 0 aliphatic heterocycles. The van der Waals surface area contributed by atoms with Gasteiger partial charge in [0, 0.05) is 0 Å². The number of anilines is 1. The van der Waals surface area contributed by atoms with Crippen molar-refractivity contribution in [3.05, 3.63) is 27.8 Å². The predicted molar refractivity (Wildman–Crippen MR) is 72.4 cm³/mol. The molecule has 0 fully saturated rings. The summed E-state index contributed by atoms with van der Waals surface area (Å²) in [5.41, 5.74) is 0. The molecule has 4 nitrogen and oxygen atoms in total. The van der Waals surface area contributed by atoms with E-state index in [1.165, 1.54) is 36.6 Å². The summed E-state index contributed by atoms with van der Waals surface area (Å²) in [6.45, 7) is 0. The molecule has 8 heteroatoms. The Morgan fingerprint density at radius 1 is 1.41 bits per heavy atom. The van der Waals surface area contributed by atoms with Gasteiger partial charge in [0.25, 0.3) is 5.88 Å². The van der Waals surface area contributed by atoms with Crippen molar-refractivity contribution < 1.29 is 4.74 Å². The van der Waals surface area contributed by atoms with Crippen molar-refractivity contribution >= 4 is 52.3 Å². The Morgan fingerprint density at radius 3 is 2.88 bits per heavy atom. The van der Waals surface area contributed by atoms with Crippen LogP contribution < -0.4 is 9.46 Å². The summed E-state index contributed by atoms with van der Waals surface area (Å²) in [5, 5.41) is 0.288. The molecule has 0 amide bonds. The molecule has 2 aromatic heterocycles. The Kier molecular flexibility index (Phi) is 4.33. The van der Waals surface area contributed by atoms with Crippen molar-refractivity contribution in [2.75, 3.05) is 11.8 Å². The van der Waals surface area contributed by atoms with Gasteiger partial charge in [0.2, 0.25) is 0 Å². The van der Waals surface area contributed by atoms with Crippen LogP contribution in [0.2, 0.25) is 9.49 Å². The van der Waals surface area contributed by atoms with E-state index in [1.54, 1.807) is 0 Å². The van der Waals surface area contributed by atoms with Crippen molar-refractivity contribution in [3.8, 4) is 5.88 Å². The Labute approximate surface area is 116 Å². The largest absolute Gasteiger partial charge is 0.478 e. The van der Waals surface area contributed by atoms with Crippen LogP contribution >= 0.6 is 46.5 Å². The average Bonchev–Trinajstić information content (AvgIpc) is 2.73. The molecule has 90 valence electrons. The fourth-order valence-corrected chi connectivity index (χ4v) is 3.09. The second-order valence-corrected chi connectivity index (χ2v) is 6.02. The van der Waals surface area contributed by atoms with Gasteiger partial charge in [-0.1, -0.05) is 23.2 Å². The van der Waals surface area contributed by atoms with Crippen molar-refractivity contribution in [2.45, 2.75) is 4.21 Å². The topological polar surface area (TPSA) is 47.0 Å². The lowest BCUT2D eigenvalue weighted by atomic mass is 10.6. The van der Waals surface area contributed by atoms with Crippen molar-refractivity contribution in [1.82, 2.24) is 9.97 Å². The van der Waals surface area contributed by atoms with Crippen LogP contribution in [0.5, 0.6) is 5.88 Å². The van der Waals surface area contributed by atoms with Crippen LogP contribution in [0.15, 0.2) is 22.5 Å². The Hall–Kier alpha value is -0.690. The van der Waals surface area contributed by atoms with Crippen LogP contribution in [-0.4, -0.2) is 17.1 Å². The van der Waals surface area contributed by atoms with E-state index in [-0.39, 0.29) is 5.15 Å². The van der Waals surface area contributed by atoms with E-state index in [0.717, 1.165) is 8.55 Å². The van der Waals surface area contributed by atoms with E-state index in [0.29, 0.717) is 11.7 Å². The number of rotatable bonds is 4. The number of ether oxygens (including phenoxy) is 1. The molecule has 1 N–H and O–H groups in total. The van der Waals surface area contributed by atoms with Gasteiger partial charge in [0.05, 0.1) is 21.9 Å². The van der Waals surface area contributed by atoms with E-state index < -0.39 is 0 Å². The molecule has 2 rings (SSSR count). The van der Waals surface area contributed by atoms with Crippen LogP contribution in [0.4, 0.5) is 5.82 Å². The lowest BCUT2D eigenvalue weighted by Crippen LogP contribution is -1.97. The first-order valence-corrected chi connectivity index (χ1v) is 6.82. The molecule has 2 aromatic rings. The summed E-state index contributed by atoms with van der Waals surface area (Å²) in [6.07, 6.45) is 1.45. The standard InChI is InChI=1S/C9H7Cl2N3OS2/c1-15-9-8(12-4-5(10)13-9)14-17-7-3-2-6(11)16-7/h2-4H,1H3,(H,12,14). The molecule has 0 aliphatic carbocycles. The molecule has 0 radical (unpaired) electrons. The third-order valence-corrected chi connectivity index (χ3v) is 4.04. The number of hydrogen-bond donors (Lipinski definition) is 1. The number of nitrogens with zero attached hydrogens (tertiary/aromatic N) is 2. The van der Waals surface area contributed by atoms with Crippen LogP contribution in [0.3, 0.4) is 0 Å². The van der Waals surface area contributed by atoms with Gasteiger partial charge in [-0.3, -0.25) is 0 Å². The molecule has 0 bridgehead atoms. The first-order chi connectivity index (χ1) is 8.19. The second-order valence-electron chi connectivity index (χ2n) is 2.81. The predicted octanol–water partition coefficient (Wildman–Crippen LogP) is 3.97. The maximum absolute atomic E-state index is 5.83. The van der Waals surface area contributed by atoms with Gasteiger partial charge in [0.1, 0.15) is 0 Å². The van der Waals surface area contributed by atoms with Gasteiger partial charge in [-0.25, -0.2) is 4.98 Å². The Balaban J connectivity index is 2.08. The van der Waals surface area contributed by atoms with Crippen molar-refractivity contribution in [2.24, 2.45) is 0 Å². The van der Waals surface area contributed by atoms with Crippen LogP contribution in [-0.2, 0) is 0 Å². The summed E-state index contributed by atoms with van der Waals surface area (Å²) in [5.74, 6) is 0.874. The lowest BCUT2D eigenvalue weighted by Gasteiger charge is -2.06. The molecule has 0 atom stereocenters. The van der Waals surface area contributed by atoms with Crippen molar-refractivity contribution in [1.29, 1.82) is 0 Å². The number of thiophene rings is 1. The molecule has 0 aliphatic rings. The van der Waals surface area contributed by atoms with Gasteiger partial charge in [-0.15, -0.1) is 11.3 Å². The molecule has 17 heavy (non-hydrogen) atoms. The zero-order valence-electron chi connectivity index (χ0n) is 8.61. The van der Waals surface area contributed by atoms with Crippen LogP contribution in [0, 0.1) is 0 Å². The maximum atomic E-state index is 5.83. The highest BCUT2D eigenvalue weighted by molar-refractivity contribution is 8.02. The summed E-state index contributed by atoms with van der Waals surface area (Å²) in [4.78, 5) is 8.08. The van der Waals surface area contributed by atoms with Gasteiger partial charge >= 0.3 is 0 Å². The highest BCUT2D eigenvalue weighted by Crippen LogP contribution is 2.32. The molecule has 0 unspecified atom stereocenters. The van der Waals surface area contributed by atoms with Crippen LogP contribution in [0.1, 0.15) is 0 Å². The number of hydrogen-bond acceptors (Lipinski definition) is 6. The minimum Gasteiger partial charge on any atom is -0.478 e. The maximum Gasteiger partial charge on any atom is 0.259 e. The van der Waals surface area contributed by atoms with Crippen LogP contribution in [0.25, 0.3) is 0 Å². The molecule has 2 heterocycles. The molecule has 0 saturated carbocycles. The van der Waals surface area contributed by atoms with Gasteiger partial charge in [-0.2, -0.15) is 4.98 Å². The van der Waals surface area contributed by atoms with E-state index in [1.807, 2.05) is 12.1 Å². The van der Waals surface area contributed by atoms with Crippen molar-refractivity contribution in [3.63, 3.8) is 0 Å². The van der Waals surface area contributed by atoms with Gasteiger partial charge in [-0.05, 0) is 24.1 Å². The number of halogens is 2. The van der Waals surface area contributed by atoms with E-state index in [4.69, 9.17) is 27.9 Å². The molecule has 0 saturated heterocycles. The highest BCUT2D eigenvalue weighted by atomic mass is 35.5. The zero-order chi connectivity index (χ0) is 12.3. The zero-order valence-corrected chi connectivity index (χ0v) is 11.8. The normalized spacial score (nSPS) is 10.3. The molecule has 0 spiro atoms. The van der Waals surface area contributed by atoms with E-state index in [2.05, 4.69) is 14.7 Å². The Bertz CT molecular complexity index is 521. The van der Waals surface area contributed by atoms with E-state index in [9.17, 15) is 0 Å². The first-order valence-electron chi connectivity index (χ1n) is 4.44. The summed E-state index contributed by atoms with van der Waals surface area (Å²) < 4.78 is 9.86. The number of methoxy groups -OCH3 is 1. The fourth-order valence-electron chi connectivity index (χ4n) is 1.02. The summed E-state index contributed by atoms with van der Waals surface area (Å²) >= 11 is 14.4. The van der Waals surface area contributed by atoms with Gasteiger partial charge < -0.3 is 9.46 Å². The first kappa shape index (κ1) is 12.8. The minimum atomic E-state index is 0.288. The average molecular weight is 308 g/mol. The smallest absolute Gasteiger partial charge is 0.259 e. The molecular formula is C9H7Cl2N3OS2. The minimum absolute atomic E-state index is 0.288. The van der Waals surface area contributed by atoms with E-state index >= 15 is 0 Å². The quantitative estimate of drug-likeness (QED) is 0.866. The third-order valence-electron chi connectivity index (χ3n) is 1.70.